The number of hydrogen-bond acceptors (Lipinski definition) is 7. The highest BCUT2D eigenvalue weighted by Crippen LogP contribution is 2.18. The average Bonchev–Trinajstić information content (AvgIpc) is 3.05. The molecule has 10 heteroatoms. The molecule has 0 bridgehead atoms. The summed E-state index contributed by atoms with van der Waals surface area (Å²) >= 11 is 0. The Morgan fingerprint density at radius 2 is 1.65 bits per heavy atom. The van der Waals surface area contributed by atoms with Crippen molar-refractivity contribution in [2.75, 3.05) is 0 Å². The van der Waals surface area contributed by atoms with E-state index in [2.05, 4.69) is 10.1 Å². The SMILES string of the molecule is O=C(c1ccc([N+](=O)[O-])cc1)n1nc(-c2ccccc2)nc1C[N+](=O)[O-]. The molecule has 0 atom stereocenters. The summed E-state index contributed by atoms with van der Waals surface area (Å²) in [7, 11) is 0. The van der Waals surface area contributed by atoms with Crippen molar-refractivity contribution in [2.45, 2.75) is 6.54 Å². The van der Waals surface area contributed by atoms with Gasteiger partial charge in [-0.05, 0) is 12.1 Å². The van der Waals surface area contributed by atoms with Gasteiger partial charge in [-0.2, -0.15) is 4.68 Å². The minimum absolute atomic E-state index is 0.102. The van der Waals surface area contributed by atoms with E-state index in [0.717, 1.165) is 4.68 Å². The van der Waals surface area contributed by atoms with Gasteiger partial charge < -0.3 is 0 Å². The monoisotopic (exact) mass is 353 g/mol. The molecule has 0 amide bonds. The largest absolute Gasteiger partial charge is 0.280 e. The molecule has 3 aromatic rings. The van der Waals surface area contributed by atoms with Crippen LogP contribution in [0.2, 0.25) is 0 Å². The number of aromatic nitrogens is 3. The normalized spacial score (nSPS) is 10.5. The number of rotatable bonds is 5. The van der Waals surface area contributed by atoms with E-state index in [1.165, 1.54) is 24.3 Å². The quantitative estimate of drug-likeness (QED) is 0.507. The molecular formula is C16H11N5O5. The van der Waals surface area contributed by atoms with E-state index in [9.17, 15) is 25.0 Å². The number of carbonyl (C=O) groups is 1. The number of carbonyl (C=O) groups excluding carboxylic acids is 1. The molecule has 1 heterocycles. The predicted octanol–water partition coefficient (Wildman–Crippen LogP) is 2.32. The summed E-state index contributed by atoms with van der Waals surface area (Å²) in [5.41, 5.74) is 0.535. The number of nitrogens with zero attached hydrogens (tertiary/aromatic N) is 5. The third-order valence-electron chi connectivity index (χ3n) is 3.49. The molecule has 3 rings (SSSR count). The van der Waals surface area contributed by atoms with Gasteiger partial charge >= 0.3 is 0 Å². The van der Waals surface area contributed by atoms with Crippen LogP contribution < -0.4 is 0 Å². The van der Waals surface area contributed by atoms with E-state index in [0.29, 0.717) is 5.56 Å². The van der Waals surface area contributed by atoms with Crippen LogP contribution in [0.3, 0.4) is 0 Å². The van der Waals surface area contributed by atoms with Crippen LogP contribution in [0.5, 0.6) is 0 Å². The molecule has 0 aliphatic rings. The zero-order valence-corrected chi connectivity index (χ0v) is 13.2. The van der Waals surface area contributed by atoms with Crippen LogP contribution in [0.15, 0.2) is 54.6 Å². The number of hydrogen-bond donors (Lipinski definition) is 0. The summed E-state index contributed by atoms with van der Waals surface area (Å²) in [6.07, 6.45) is 0. The molecule has 0 fully saturated rings. The molecule has 0 saturated heterocycles. The smallest absolute Gasteiger partial charge is 0.267 e. The van der Waals surface area contributed by atoms with Gasteiger partial charge in [-0.15, -0.1) is 5.10 Å². The molecule has 1 aromatic heterocycles. The Morgan fingerprint density at radius 1 is 1.00 bits per heavy atom. The second kappa shape index (κ2) is 6.89. The summed E-state index contributed by atoms with van der Waals surface area (Å²) in [6.45, 7) is -0.682. The van der Waals surface area contributed by atoms with Crippen molar-refractivity contribution in [1.29, 1.82) is 0 Å². The van der Waals surface area contributed by atoms with Crippen LogP contribution in [0, 0.1) is 20.2 Å². The predicted molar refractivity (Wildman–Crippen MR) is 89.0 cm³/mol. The Kier molecular flexibility index (Phi) is 4.48. The zero-order valence-electron chi connectivity index (χ0n) is 13.2. The first-order chi connectivity index (χ1) is 12.5. The molecule has 2 aromatic carbocycles. The fraction of sp³-hybridized carbons (Fsp3) is 0.0625. The van der Waals surface area contributed by atoms with Crippen LogP contribution in [0.4, 0.5) is 5.69 Å². The van der Waals surface area contributed by atoms with Crippen LogP contribution >= 0.6 is 0 Å². The highest BCUT2D eigenvalue weighted by molar-refractivity contribution is 5.96. The van der Waals surface area contributed by atoms with E-state index in [1.807, 2.05) is 0 Å². The van der Waals surface area contributed by atoms with Crippen molar-refractivity contribution >= 4 is 11.6 Å². The maximum Gasteiger partial charge on any atom is 0.280 e. The van der Waals surface area contributed by atoms with Gasteiger partial charge in [0.1, 0.15) is 0 Å². The molecule has 26 heavy (non-hydrogen) atoms. The van der Waals surface area contributed by atoms with E-state index in [1.54, 1.807) is 30.3 Å². The Morgan fingerprint density at radius 3 is 2.23 bits per heavy atom. The van der Waals surface area contributed by atoms with Gasteiger partial charge in [0.2, 0.25) is 5.82 Å². The summed E-state index contributed by atoms with van der Waals surface area (Å²) in [5, 5.41) is 25.7. The highest BCUT2D eigenvalue weighted by Gasteiger charge is 2.22. The van der Waals surface area contributed by atoms with E-state index in [-0.39, 0.29) is 22.9 Å². The summed E-state index contributed by atoms with van der Waals surface area (Å²) in [5.74, 6) is -0.610. The fourth-order valence-corrected chi connectivity index (χ4v) is 2.28. The number of nitro groups is 2. The van der Waals surface area contributed by atoms with Crippen molar-refractivity contribution < 1.29 is 14.6 Å². The fourth-order valence-electron chi connectivity index (χ4n) is 2.28. The van der Waals surface area contributed by atoms with Gasteiger partial charge in [0.25, 0.3) is 18.1 Å². The second-order valence-electron chi connectivity index (χ2n) is 5.23. The van der Waals surface area contributed by atoms with E-state index >= 15 is 0 Å². The Hall–Kier alpha value is -3.95. The molecule has 0 saturated carbocycles. The molecular weight excluding hydrogens is 342 g/mol. The summed E-state index contributed by atoms with van der Waals surface area (Å²) in [6, 6.07) is 13.6. The van der Waals surface area contributed by atoms with Crippen molar-refractivity contribution in [3.63, 3.8) is 0 Å². The first kappa shape index (κ1) is 16.9. The lowest BCUT2D eigenvalue weighted by atomic mass is 10.2. The van der Waals surface area contributed by atoms with Crippen molar-refractivity contribution in [2.24, 2.45) is 0 Å². The summed E-state index contributed by atoms with van der Waals surface area (Å²) in [4.78, 5) is 37.1. The van der Waals surface area contributed by atoms with E-state index in [4.69, 9.17) is 0 Å². The third-order valence-corrected chi connectivity index (χ3v) is 3.49. The van der Waals surface area contributed by atoms with Crippen LogP contribution in [-0.2, 0) is 6.54 Å². The molecule has 0 unspecified atom stereocenters. The molecule has 0 radical (unpaired) electrons. The maximum absolute atomic E-state index is 12.6. The minimum atomic E-state index is -0.682. The Bertz CT molecular complexity index is 982. The lowest BCUT2D eigenvalue weighted by molar-refractivity contribution is -0.498. The van der Waals surface area contributed by atoms with Gasteiger partial charge in [-0.3, -0.25) is 25.0 Å². The highest BCUT2D eigenvalue weighted by atomic mass is 16.6. The third kappa shape index (κ3) is 3.43. The van der Waals surface area contributed by atoms with E-state index < -0.39 is 22.3 Å². The second-order valence-corrected chi connectivity index (χ2v) is 5.23. The standard InChI is InChI=1S/C16H11N5O5/c22-16(12-6-8-13(9-7-12)21(25)26)20-14(10-19(23)24)17-15(18-20)11-4-2-1-3-5-11/h1-9H,10H2. The van der Waals surface area contributed by atoms with Crippen LogP contribution in [0.25, 0.3) is 11.4 Å². The van der Waals surface area contributed by atoms with Crippen molar-refractivity contribution in [3.8, 4) is 11.4 Å². The molecule has 0 N–H and O–H groups in total. The van der Waals surface area contributed by atoms with Crippen molar-refractivity contribution in [1.82, 2.24) is 14.8 Å². The molecule has 10 nitrogen and oxygen atoms in total. The van der Waals surface area contributed by atoms with Crippen LogP contribution in [-0.4, -0.2) is 30.5 Å². The van der Waals surface area contributed by atoms with Crippen molar-refractivity contribution in [3.05, 3.63) is 86.2 Å². The van der Waals surface area contributed by atoms with Gasteiger partial charge in [0.15, 0.2) is 5.82 Å². The van der Waals surface area contributed by atoms with Gasteiger partial charge in [-0.1, -0.05) is 30.3 Å². The Labute approximate surface area is 146 Å². The topological polar surface area (TPSA) is 134 Å². The molecule has 0 spiro atoms. The summed E-state index contributed by atoms with van der Waals surface area (Å²) < 4.78 is 0.853. The van der Waals surface area contributed by atoms with Gasteiger partial charge in [0, 0.05) is 28.2 Å². The minimum Gasteiger partial charge on any atom is -0.267 e. The first-order valence-electron chi connectivity index (χ1n) is 7.38. The van der Waals surface area contributed by atoms with Gasteiger partial charge in [0.05, 0.1) is 4.92 Å². The lowest BCUT2D eigenvalue weighted by Gasteiger charge is -2.02. The zero-order chi connectivity index (χ0) is 18.7. The molecule has 0 aliphatic heterocycles. The molecule has 130 valence electrons. The maximum atomic E-state index is 12.6. The lowest BCUT2D eigenvalue weighted by Crippen LogP contribution is -2.18. The van der Waals surface area contributed by atoms with Crippen LogP contribution in [0.1, 0.15) is 16.2 Å². The number of nitro benzene ring substituents is 1. The molecule has 0 aliphatic carbocycles. The average molecular weight is 353 g/mol. The Balaban J connectivity index is 2.01. The van der Waals surface area contributed by atoms with Gasteiger partial charge in [-0.25, -0.2) is 4.98 Å². The number of non-ortho nitro benzene ring substituents is 1. The first-order valence-corrected chi connectivity index (χ1v) is 7.38. The number of benzene rings is 2.